The van der Waals surface area contributed by atoms with Gasteiger partial charge in [-0.25, -0.2) is 0 Å². The molecule has 0 bridgehead atoms. The Kier molecular flexibility index (Phi) is 6.96. The van der Waals surface area contributed by atoms with Crippen molar-refractivity contribution in [2.45, 2.75) is 39.3 Å². The molecule has 1 aromatic carbocycles. The minimum atomic E-state index is -0.430. The molecule has 0 radical (unpaired) electrons. The summed E-state index contributed by atoms with van der Waals surface area (Å²) >= 11 is 0. The number of aryl methyl sites for hydroxylation is 1. The minimum absolute atomic E-state index is 0. The Bertz CT molecular complexity index is 376. The highest BCUT2D eigenvalue weighted by atomic mass is 35.5. The second kappa shape index (κ2) is 7.39. The number of amides is 1. The van der Waals surface area contributed by atoms with Crippen molar-refractivity contribution in [3.8, 4) is 0 Å². The SMILES string of the molecule is Cc1ccc(CC(C)N(C)C(=O)[C@H](C)N)cc1.Cl. The molecule has 18 heavy (non-hydrogen) atoms. The number of nitrogens with two attached hydrogens (primary N) is 1. The largest absolute Gasteiger partial charge is 0.341 e. The summed E-state index contributed by atoms with van der Waals surface area (Å²) < 4.78 is 0. The van der Waals surface area contributed by atoms with Crippen molar-refractivity contribution < 1.29 is 4.79 Å². The minimum Gasteiger partial charge on any atom is -0.341 e. The quantitative estimate of drug-likeness (QED) is 0.911. The Labute approximate surface area is 116 Å². The zero-order valence-corrected chi connectivity index (χ0v) is 12.3. The van der Waals surface area contributed by atoms with E-state index in [1.807, 2.05) is 14.0 Å². The molecular formula is C14H23ClN2O. The molecule has 0 aromatic heterocycles. The van der Waals surface area contributed by atoms with Crippen molar-refractivity contribution in [1.82, 2.24) is 4.90 Å². The molecule has 0 aliphatic carbocycles. The van der Waals surface area contributed by atoms with Crippen LogP contribution in [0.2, 0.25) is 0 Å². The molecular weight excluding hydrogens is 248 g/mol. The fourth-order valence-electron chi connectivity index (χ4n) is 1.74. The Hall–Kier alpha value is -1.06. The molecule has 0 aliphatic heterocycles. The molecule has 3 nitrogen and oxygen atoms in total. The Balaban J connectivity index is 0.00000289. The number of likely N-dealkylation sites (N-methyl/N-ethyl adjacent to an activating group) is 1. The average molecular weight is 271 g/mol. The van der Waals surface area contributed by atoms with Gasteiger partial charge in [0, 0.05) is 13.1 Å². The second-order valence-electron chi connectivity index (χ2n) is 4.78. The highest BCUT2D eigenvalue weighted by Gasteiger charge is 2.18. The first-order valence-electron chi connectivity index (χ1n) is 5.99. The molecule has 2 N–H and O–H groups in total. The van der Waals surface area contributed by atoms with Gasteiger partial charge in [0.25, 0.3) is 0 Å². The third kappa shape index (κ3) is 4.67. The van der Waals surface area contributed by atoms with Crippen molar-refractivity contribution in [3.63, 3.8) is 0 Å². The van der Waals surface area contributed by atoms with Crippen LogP contribution in [0.25, 0.3) is 0 Å². The van der Waals surface area contributed by atoms with Crippen molar-refractivity contribution in [1.29, 1.82) is 0 Å². The van der Waals surface area contributed by atoms with Gasteiger partial charge in [0.2, 0.25) is 5.91 Å². The number of hydrogen-bond donors (Lipinski definition) is 1. The van der Waals surface area contributed by atoms with Crippen molar-refractivity contribution in [3.05, 3.63) is 35.4 Å². The summed E-state index contributed by atoms with van der Waals surface area (Å²) in [6.45, 7) is 5.83. The van der Waals surface area contributed by atoms with E-state index in [2.05, 4.69) is 31.2 Å². The monoisotopic (exact) mass is 270 g/mol. The van der Waals surface area contributed by atoms with Crippen LogP contribution in [0.5, 0.6) is 0 Å². The zero-order chi connectivity index (χ0) is 13.0. The van der Waals surface area contributed by atoms with Crippen molar-refractivity contribution in [2.75, 3.05) is 7.05 Å². The average Bonchev–Trinajstić information content (AvgIpc) is 2.30. The van der Waals surface area contributed by atoms with Crippen LogP contribution in [0.15, 0.2) is 24.3 Å². The van der Waals surface area contributed by atoms with Gasteiger partial charge in [0.1, 0.15) is 0 Å². The second-order valence-corrected chi connectivity index (χ2v) is 4.78. The summed E-state index contributed by atoms with van der Waals surface area (Å²) in [6, 6.07) is 8.13. The molecule has 1 amide bonds. The summed E-state index contributed by atoms with van der Waals surface area (Å²) in [6.07, 6.45) is 0.856. The zero-order valence-electron chi connectivity index (χ0n) is 11.5. The molecule has 1 unspecified atom stereocenters. The lowest BCUT2D eigenvalue weighted by Gasteiger charge is -2.26. The fourth-order valence-corrected chi connectivity index (χ4v) is 1.74. The van der Waals surface area contributed by atoms with Gasteiger partial charge >= 0.3 is 0 Å². The van der Waals surface area contributed by atoms with Crippen LogP contribution >= 0.6 is 12.4 Å². The Morgan fingerprint density at radius 1 is 1.28 bits per heavy atom. The Morgan fingerprint density at radius 2 is 1.78 bits per heavy atom. The van der Waals surface area contributed by atoms with E-state index >= 15 is 0 Å². The number of nitrogens with zero attached hydrogens (tertiary/aromatic N) is 1. The lowest BCUT2D eigenvalue weighted by atomic mass is 10.0. The van der Waals surface area contributed by atoms with Crippen LogP contribution in [-0.4, -0.2) is 29.9 Å². The topological polar surface area (TPSA) is 46.3 Å². The van der Waals surface area contributed by atoms with Gasteiger partial charge in [-0.15, -0.1) is 12.4 Å². The van der Waals surface area contributed by atoms with Crippen LogP contribution in [0.4, 0.5) is 0 Å². The maximum absolute atomic E-state index is 11.7. The van der Waals surface area contributed by atoms with Gasteiger partial charge in [-0.2, -0.15) is 0 Å². The molecule has 0 saturated carbocycles. The van der Waals surface area contributed by atoms with Crippen molar-refractivity contribution >= 4 is 18.3 Å². The summed E-state index contributed by atoms with van der Waals surface area (Å²) in [5, 5.41) is 0. The van der Waals surface area contributed by atoms with E-state index in [4.69, 9.17) is 5.73 Å². The van der Waals surface area contributed by atoms with E-state index in [1.165, 1.54) is 11.1 Å². The molecule has 0 spiro atoms. The number of carbonyl (C=O) groups excluding carboxylic acids is 1. The van der Waals surface area contributed by atoms with E-state index < -0.39 is 6.04 Å². The molecule has 0 fully saturated rings. The molecule has 2 atom stereocenters. The summed E-state index contributed by atoms with van der Waals surface area (Å²) in [4.78, 5) is 13.5. The standard InChI is InChI=1S/C14H22N2O.ClH/c1-10-5-7-13(8-6-10)9-11(2)16(4)14(17)12(3)15;/h5-8,11-12H,9,15H2,1-4H3;1H/t11?,12-;/m0./s1. The van der Waals surface area contributed by atoms with E-state index in [0.29, 0.717) is 0 Å². The van der Waals surface area contributed by atoms with E-state index in [0.717, 1.165) is 6.42 Å². The first-order valence-corrected chi connectivity index (χ1v) is 5.99. The van der Waals surface area contributed by atoms with E-state index in [9.17, 15) is 4.79 Å². The first kappa shape index (κ1) is 16.9. The molecule has 1 rings (SSSR count). The van der Waals surface area contributed by atoms with Crippen LogP contribution in [-0.2, 0) is 11.2 Å². The third-order valence-electron chi connectivity index (χ3n) is 3.05. The predicted octanol–water partition coefficient (Wildman–Crippen LogP) is 2.15. The van der Waals surface area contributed by atoms with Gasteiger partial charge in [-0.3, -0.25) is 4.79 Å². The van der Waals surface area contributed by atoms with Crippen LogP contribution in [0, 0.1) is 6.92 Å². The molecule has 4 heteroatoms. The van der Waals surface area contributed by atoms with Gasteiger partial charge < -0.3 is 10.6 Å². The fraction of sp³-hybridized carbons (Fsp3) is 0.500. The van der Waals surface area contributed by atoms with Crippen LogP contribution in [0.3, 0.4) is 0 Å². The number of carbonyl (C=O) groups is 1. The first-order chi connectivity index (χ1) is 7.91. The highest BCUT2D eigenvalue weighted by Crippen LogP contribution is 2.09. The number of hydrogen-bond acceptors (Lipinski definition) is 2. The smallest absolute Gasteiger partial charge is 0.239 e. The predicted molar refractivity (Wildman–Crippen MR) is 78.0 cm³/mol. The maximum Gasteiger partial charge on any atom is 0.239 e. The highest BCUT2D eigenvalue weighted by molar-refractivity contribution is 5.85. The number of rotatable bonds is 4. The third-order valence-corrected chi connectivity index (χ3v) is 3.05. The molecule has 0 heterocycles. The molecule has 102 valence electrons. The number of halogens is 1. The van der Waals surface area contributed by atoms with Crippen LogP contribution < -0.4 is 5.73 Å². The van der Waals surface area contributed by atoms with Gasteiger partial charge in [0.15, 0.2) is 0 Å². The molecule has 0 saturated heterocycles. The summed E-state index contributed by atoms with van der Waals surface area (Å²) in [7, 11) is 1.81. The lowest BCUT2D eigenvalue weighted by molar-refractivity contribution is -0.132. The van der Waals surface area contributed by atoms with Crippen LogP contribution in [0.1, 0.15) is 25.0 Å². The van der Waals surface area contributed by atoms with Crippen molar-refractivity contribution in [2.24, 2.45) is 5.73 Å². The summed E-state index contributed by atoms with van der Waals surface area (Å²) in [5.74, 6) is -0.00962. The normalized spacial score (nSPS) is 13.4. The lowest BCUT2D eigenvalue weighted by Crippen LogP contribution is -2.44. The van der Waals surface area contributed by atoms with Gasteiger partial charge in [-0.05, 0) is 32.8 Å². The van der Waals surface area contributed by atoms with E-state index in [1.54, 1.807) is 11.8 Å². The molecule has 1 aromatic rings. The summed E-state index contributed by atoms with van der Waals surface area (Å²) in [5.41, 5.74) is 8.09. The van der Waals surface area contributed by atoms with Gasteiger partial charge in [-0.1, -0.05) is 29.8 Å². The van der Waals surface area contributed by atoms with E-state index in [-0.39, 0.29) is 24.4 Å². The number of benzene rings is 1. The Morgan fingerprint density at radius 3 is 2.22 bits per heavy atom. The maximum atomic E-state index is 11.7. The molecule has 0 aliphatic rings. The van der Waals surface area contributed by atoms with Gasteiger partial charge in [0.05, 0.1) is 6.04 Å².